The van der Waals surface area contributed by atoms with Crippen molar-refractivity contribution >= 4 is 23.3 Å². The smallest absolute Gasteiger partial charge is 0.347 e. The van der Waals surface area contributed by atoms with Gasteiger partial charge in [-0.05, 0) is 18.2 Å². The molecule has 1 aromatic rings. The monoisotopic (exact) mass is 237 g/mol. The standard InChI is InChI=1S/C10H8ClN3O2/c1-16-10(15)9(6-12)14-13-8-4-2-3-7(11)5-8/h2-5,9H,1H3. The minimum atomic E-state index is -1.25. The van der Waals surface area contributed by atoms with Crippen molar-refractivity contribution in [1.82, 2.24) is 0 Å². The fraction of sp³-hybridized carbons (Fsp3) is 0.200. The summed E-state index contributed by atoms with van der Waals surface area (Å²) in [6.07, 6.45) is 0. The van der Waals surface area contributed by atoms with Crippen LogP contribution in [0.2, 0.25) is 5.02 Å². The summed E-state index contributed by atoms with van der Waals surface area (Å²) in [5.41, 5.74) is 0.469. The molecule has 1 aromatic carbocycles. The van der Waals surface area contributed by atoms with E-state index in [2.05, 4.69) is 15.0 Å². The van der Waals surface area contributed by atoms with Gasteiger partial charge < -0.3 is 4.74 Å². The van der Waals surface area contributed by atoms with Crippen LogP contribution in [0.3, 0.4) is 0 Å². The number of hydrogen-bond acceptors (Lipinski definition) is 5. The van der Waals surface area contributed by atoms with Crippen molar-refractivity contribution in [2.45, 2.75) is 6.04 Å². The Morgan fingerprint density at radius 2 is 2.38 bits per heavy atom. The van der Waals surface area contributed by atoms with Gasteiger partial charge in [-0.15, -0.1) is 0 Å². The number of hydrogen-bond donors (Lipinski definition) is 0. The number of esters is 1. The summed E-state index contributed by atoms with van der Waals surface area (Å²) in [5, 5.41) is 16.4. The molecule has 0 bridgehead atoms. The van der Waals surface area contributed by atoms with Gasteiger partial charge in [0, 0.05) is 5.02 Å². The lowest BCUT2D eigenvalue weighted by Gasteiger charge is -1.99. The number of carbonyl (C=O) groups is 1. The summed E-state index contributed by atoms with van der Waals surface area (Å²) >= 11 is 5.73. The van der Waals surface area contributed by atoms with E-state index in [-0.39, 0.29) is 0 Å². The summed E-state index contributed by atoms with van der Waals surface area (Å²) in [5.74, 6) is -0.742. The first-order valence-corrected chi connectivity index (χ1v) is 4.69. The maximum Gasteiger partial charge on any atom is 0.347 e. The Hall–Kier alpha value is -1.93. The molecule has 0 aliphatic carbocycles. The summed E-state index contributed by atoms with van der Waals surface area (Å²) in [6, 6.07) is 7.02. The van der Waals surface area contributed by atoms with Gasteiger partial charge in [0.25, 0.3) is 6.04 Å². The third-order valence-electron chi connectivity index (χ3n) is 1.64. The second kappa shape index (κ2) is 5.83. The van der Waals surface area contributed by atoms with Gasteiger partial charge in [0.15, 0.2) is 0 Å². The first-order valence-electron chi connectivity index (χ1n) is 4.31. The fourth-order valence-electron chi connectivity index (χ4n) is 0.900. The number of ether oxygens (including phenoxy) is 1. The highest BCUT2D eigenvalue weighted by Crippen LogP contribution is 2.18. The van der Waals surface area contributed by atoms with Crippen LogP contribution in [0.5, 0.6) is 0 Å². The largest absolute Gasteiger partial charge is 0.467 e. The van der Waals surface area contributed by atoms with Crippen LogP contribution < -0.4 is 0 Å². The second-order valence-corrected chi connectivity index (χ2v) is 3.19. The summed E-state index contributed by atoms with van der Waals surface area (Å²) in [6.45, 7) is 0. The number of carbonyl (C=O) groups excluding carboxylic acids is 1. The quantitative estimate of drug-likeness (QED) is 0.599. The molecule has 0 aliphatic heterocycles. The third-order valence-corrected chi connectivity index (χ3v) is 1.88. The molecule has 0 saturated carbocycles. The van der Waals surface area contributed by atoms with E-state index in [0.717, 1.165) is 0 Å². The molecule has 0 N–H and O–H groups in total. The maximum absolute atomic E-state index is 11.0. The number of nitriles is 1. The van der Waals surface area contributed by atoms with Gasteiger partial charge in [0.1, 0.15) is 6.07 Å². The van der Waals surface area contributed by atoms with E-state index in [0.29, 0.717) is 10.7 Å². The van der Waals surface area contributed by atoms with Crippen molar-refractivity contribution in [3.05, 3.63) is 29.3 Å². The lowest BCUT2D eigenvalue weighted by atomic mass is 10.3. The summed E-state index contributed by atoms with van der Waals surface area (Å²) in [4.78, 5) is 11.0. The van der Waals surface area contributed by atoms with Crippen molar-refractivity contribution in [3.8, 4) is 6.07 Å². The predicted molar refractivity (Wildman–Crippen MR) is 57.4 cm³/mol. The molecule has 0 heterocycles. The Bertz CT molecular complexity index is 454. The van der Waals surface area contributed by atoms with E-state index in [1.54, 1.807) is 30.3 Å². The van der Waals surface area contributed by atoms with Crippen molar-refractivity contribution in [2.24, 2.45) is 10.2 Å². The number of benzene rings is 1. The van der Waals surface area contributed by atoms with Gasteiger partial charge in [-0.3, -0.25) is 0 Å². The first kappa shape index (κ1) is 12.1. The summed E-state index contributed by atoms with van der Waals surface area (Å²) in [7, 11) is 1.18. The van der Waals surface area contributed by atoms with Crippen LogP contribution >= 0.6 is 11.6 Å². The Balaban J connectivity index is 2.80. The molecule has 1 unspecified atom stereocenters. The molecule has 0 saturated heterocycles. The Kier molecular flexibility index (Phi) is 4.42. The molecule has 5 nitrogen and oxygen atoms in total. The topological polar surface area (TPSA) is 74.8 Å². The Labute approximate surface area is 97.3 Å². The average molecular weight is 238 g/mol. The van der Waals surface area contributed by atoms with E-state index in [1.807, 2.05) is 0 Å². The highest BCUT2D eigenvalue weighted by molar-refractivity contribution is 6.30. The molecule has 0 spiro atoms. The summed E-state index contributed by atoms with van der Waals surface area (Å²) < 4.78 is 4.37. The Morgan fingerprint density at radius 1 is 1.62 bits per heavy atom. The zero-order chi connectivity index (χ0) is 12.0. The van der Waals surface area contributed by atoms with Gasteiger partial charge in [0.2, 0.25) is 0 Å². The molecule has 1 atom stereocenters. The SMILES string of the molecule is COC(=O)C(C#N)N=Nc1cccc(Cl)c1. The molecule has 16 heavy (non-hydrogen) atoms. The van der Waals surface area contributed by atoms with Crippen LogP contribution in [0.15, 0.2) is 34.5 Å². The lowest BCUT2D eigenvalue weighted by molar-refractivity contribution is -0.140. The number of halogens is 1. The van der Waals surface area contributed by atoms with Crippen LogP contribution in [-0.2, 0) is 9.53 Å². The predicted octanol–water partition coefficient (Wildman–Crippen LogP) is 2.49. The molecule has 6 heteroatoms. The number of azo groups is 1. The molecule has 0 amide bonds. The lowest BCUT2D eigenvalue weighted by Crippen LogP contribution is -2.17. The molecular weight excluding hydrogens is 230 g/mol. The van der Waals surface area contributed by atoms with Crippen LogP contribution in [0.4, 0.5) is 5.69 Å². The van der Waals surface area contributed by atoms with E-state index in [9.17, 15) is 4.79 Å². The molecular formula is C10H8ClN3O2. The zero-order valence-corrected chi connectivity index (χ0v) is 9.18. The van der Waals surface area contributed by atoms with Gasteiger partial charge in [-0.25, -0.2) is 4.79 Å². The van der Waals surface area contributed by atoms with Gasteiger partial charge in [0.05, 0.1) is 12.8 Å². The first-order chi connectivity index (χ1) is 7.67. The second-order valence-electron chi connectivity index (χ2n) is 2.75. The van der Waals surface area contributed by atoms with Gasteiger partial charge >= 0.3 is 5.97 Å². The van der Waals surface area contributed by atoms with Crippen molar-refractivity contribution in [1.29, 1.82) is 5.26 Å². The molecule has 0 aliphatic rings. The van der Waals surface area contributed by atoms with Crippen molar-refractivity contribution in [3.63, 3.8) is 0 Å². The van der Waals surface area contributed by atoms with Gasteiger partial charge in [-0.1, -0.05) is 17.7 Å². The molecule has 0 aromatic heterocycles. The maximum atomic E-state index is 11.0. The van der Waals surface area contributed by atoms with Crippen LogP contribution in [0, 0.1) is 11.3 Å². The highest BCUT2D eigenvalue weighted by atomic mass is 35.5. The van der Waals surface area contributed by atoms with Crippen LogP contribution in [0.25, 0.3) is 0 Å². The number of nitrogens with zero attached hydrogens (tertiary/aromatic N) is 3. The number of methoxy groups -OCH3 is 1. The zero-order valence-electron chi connectivity index (χ0n) is 8.42. The minimum absolute atomic E-state index is 0.469. The van der Waals surface area contributed by atoms with E-state index in [4.69, 9.17) is 16.9 Å². The van der Waals surface area contributed by atoms with Crippen LogP contribution in [0.1, 0.15) is 0 Å². The van der Waals surface area contributed by atoms with E-state index < -0.39 is 12.0 Å². The molecule has 82 valence electrons. The number of rotatable bonds is 3. The minimum Gasteiger partial charge on any atom is -0.467 e. The Morgan fingerprint density at radius 3 is 2.94 bits per heavy atom. The van der Waals surface area contributed by atoms with Crippen molar-refractivity contribution in [2.75, 3.05) is 7.11 Å². The normalized spacial score (nSPS) is 12.1. The highest BCUT2D eigenvalue weighted by Gasteiger charge is 2.16. The van der Waals surface area contributed by atoms with Gasteiger partial charge in [-0.2, -0.15) is 15.5 Å². The average Bonchev–Trinajstić information content (AvgIpc) is 2.29. The van der Waals surface area contributed by atoms with Crippen LogP contribution in [-0.4, -0.2) is 19.1 Å². The molecule has 0 fully saturated rings. The molecule has 0 radical (unpaired) electrons. The van der Waals surface area contributed by atoms with Crippen molar-refractivity contribution < 1.29 is 9.53 Å². The fourth-order valence-corrected chi connectivity index (χ4v) is 1.08. The molecule has 1 rings (SSSR count). The third kappa shape index (κ3) is 3.33. The van der Waals surface area contributed by atoms with E-state index in [1.165, 1.54) is 7.11 Å². The van der Waals surface area contributed by atoms with E-state index >= 15 is 0 Å².